The van der Waals surface area contributed by atoms with Crippen molar-refractivity contribution in [2.75, 3.05) is 31.7 Å². The lowest BCUT2D eigenvalue weighted by atomic mass is 10.1. The molecule has 4 heteroatoms. The van der Waals surface area contributed by atoms with Crippen molar-refractivity contribution in [1.82, 2.24) is 0 Å². The van der Waals surface area contributed by atoms with Crippen LogP contribution < -0.4 is 10.6 Å². The molecule has 0 saturated carbocycles. The van der Waals surface area contributed by atoms with Gasteiger partial charge in [-0.1, -0.05) is 19.9 Å². The third-order valence-corrected chi connectivity index (χ3v) is 3.62. The van der Waals surface area contributed by atoms with Crippen LogP contribution in [0.15, 0.2) is 22.7 Å². The van der Waals surface area contributed by atoms with Crippen molar-refractivity contribution in [2.24, 2.45) is 11.7 Å². The fraction of sp³-hybridized carbons (Fsp3) is 0.600. The van der Waals surface area contributed by atoms with Crippen molar-refractivity contribution in [3.8, 4) is 0 Å². The van der Waals surface area contributed by atoms with Gasteiger partial charge in [-0.3, -0.25) is 0 Å². The number of benzene rings is 1. The zero-order valence-electron chi connectivity index (χ0n) is 12.3. The van der Waals surface area contributed by atoms with Gasteiger partial charge < -0.3 is 15.4 Å². The van der Waals surface area contributed by atoms with Crippen LogP contribution in [0.1, 0.15) is 32.4 Å². The van der Waals surface area contributed by atoms with Gasteiger partial charge in [-0.15, -0.1) is 0 Å². The molecule has 0 saturated heterocycles. The number of rotatable bonds is 7. The van der Waals surface area contributed by atoms with E-state index in [1.165, 1.54) is 5.69 Å². The molecule has 1 aromatic carbocycles. The van der Waals surface area contributed by atoms with Gasteiger partial charge in [-0.25, -0.2) is 0 Å². The molecule has 0 fully saturated rings. The van der Waals surface area contributed by atoms with E-state index in [4.69, 9.17) is 10.5 Å². The van der Waals surface area contributed by atoms with Crippen LogP contribution in [0.5, 0.6) is 0 Å². The average Bonchev–Trinajstić information content (AvgIpc) is 2.34. The number of nitrogens with zero attached hydrogens (tertiary/aromatic N) is 1. The number of anilines is 1. The number of methoxy groups -OCH3 is 1. The molecule has 0 spiro atoms. The van der Waals surface area contributed by atoms with Crippen molar-refractivity contribution >= 4 is 21.6 Å². The monoisotopic (exact) mass is 328 g/mol. The fourth-order valence-electron chi connectivity index (χ4n) is 2.02. The number of halogens is 1. The molecule has 0 aliphatic rings. The summed E-state index contributed by atoms with van der Waals surface area (Å²) in [5.74, 6) is 0.608. The molecular weight excluding hydrogens is 304 g/mol. The van der Waals surface area contributed by atoms with E-state index in [0.717, 1.165) is 29.7 Å². The number of hydrogen-bond acceptors (Lipinski definition) is 3. The highest BCUT2D eigenvalue weighted by atomic mass is 79.9. The van der Waals surface area contributed by atoms with E-state index in [-0.39, 0.29) is 6.04 Å². The summed E-state index contributed by atoms with van der Waals surface area (Å²) in [6, 6.07) is 6.41. The lowest BCUT2D eigenvalue weighted by molar-refractivity contribution is 0.204. The third-order valence-electron chi connectivity index (χ3n) is 2.99. The van der Waals surface area contributed by atoms with Crippen LogP contribution >= 0.6 is 15.9 Å². The maximum Gasteiger partial charge on any atom is 0.0637 e. The quantitative estimate of drug-likeness (QED) is 0.831. The molecule has 1 unspecified atom stereocenters. The topological polar surface area (TPSA) is 38.5 Å². The van der Waals surface area contributed by atoms with Gasteiger partial charge in [0.25, 0.3) is 0 Å². The Kier molecular flexibility index (Phi) is 6.83. The summed E-state index contributed by atoms with van der Waals surface area (Å²) < 4.78 is 6.30. The predicted octanol–water partition coefficient (Wildman–Crippen LogP) is 3.58. The number of hydrogen-bond donors (Lipinski definition) is 1. The van der Waals surface area contributed by atoms with E-state index in [2.05, 4.69) is 52.9 Å². The van der Waals surface area contributed by atoms with Gasteiger partial charge in [0.15, 0.2) is 0 Å². The van der Waals surface area contributed by atoms with Gasteiger partial charge in [-0.2, -0.15) is 0 Å². The Hall–Kier alpha value is -0.580. The maximum absolute atomic E-state index is 5.92. The molecule has 0 amide bonds. The molecule has 0 heterocycles. The first-order chi connectivity index (χ1) is 8.95. The second-order valence-electron chi connectivity index (χ2n) is 5.33. The standard InChI is InChI=1S/C15H25BrN2O/c1-11(2)10-18(7-8-19-4)15-6-5-13(12(3)17)9-14(15)16/h5-6,9,11-12H,7-8,10,17H2,1-4H3. The zero-order valence-corrected chi connectivity index (χ0v) is 13.9. The van der Waals surface area contributed by atoms with Gasteiger partial charge in [0.05, 0.1) is 12.3 Å². The minimum atomic E-state index is 0.0582. The minimum Gasteiger partial charge on any atom is -0.383 e. The molecule has 108 valence electrons. The first-order valence-corrected chi connectivity index (χ1v) is 7.54. The Balaban J connectivity index is 2.94. The Bertz CT molecular complexity index is 394. The number of nitrogens with two attached hydrogens (primary N) is 1. The van der Waals surface area contributed by atoms with Crippen molar-refractivity contribution in [1.29, 1.82) is 0 Å². The molecule has 0 radical (unpaired) electrons. The predicted molar refractivity (Wildman–Crippen MR) is 85.7 cm³/mol. The van der Waals surface area contributed by atoms with Crippen LogP contribution in [0, 0.1) is 5.92 Å². The van der Waals surface area contributed by atoms with Crippen LogP contribution in [-0.2, 0) is 4.74 Å². The summed E-state index contributed by atoms with van der Waals surface area (Å²) in [6.07, 6.45) is 0. The van der Waals surface area contributed by atoms with Gasteiger partial charge in [-0.05, 0) is 46.5 Å². The van der Waals surface area contributed by atoms with Gasteiger partial charge in [0.2, 0.25) is 0 Å². The second-order valence-corrected chi connectivity index (χ2v) is 6.19. The molecule has 1 rings (SSSR count). The van der Waals surface area contributed by atoms with Crippen molar-refractivity contribution in [3.63, 3.8) is 0 Å². The molecule has 0 aromatic heterocycles. The summed E-state index contributed by atoms with van der Waals surface area (Å²) >= 11 is 3.66. The van der Waals surface area contributed by atoms with E-state index in [9.17, 15) is 0 Å². The smallest absolute Gasteiger partial charge is 0.0637 e. The number of ether oxygens (including phenoxy) is 1. The molecule has 1 aromatic rings. The lowest BCUT2D eigenvalue weighted by Crippen LogP contribution is -2.31. The van der Waals surface area contributed by atoms with Gasteiger partial charge in [0, 0.05) is 30.7 Å². The first-order valence-electron chi connectivity index (χ1n) is 6.74. The van der Waals surface area contributed by atoms with E-state index < -0.39 is 0 Å². The SMILES string of the molecule is COCCN(CC(C)C)c1ccc(C(C)N)cc1Br. The summed E-state index contributed by atoms with van der Waals surface area (Å²) in [7, 11) is 1.74. The van der Waals surface area contributed by atoms with Crippen molar-refractivity contribution in [2.45, 2.75) is 26.8 Å². The maximum atomic E-state index is 5.92. The molecular formula is C15H25BrN2O. The molecule has 1 atom stereocenters. The van der Waals surface area contributed by atoms with E-state index >= 15 is 0 Å². The highest BCUT2D eigenvalue weighted by Crippen LogP contribution is 2.29. The third kappa shape index (κ3) is 5.13. The van der Waals surface area contributed by atoms with Crippen LogP contribution in [0.4, 0.5) is 5.69 Å². The average molecular weight is 329 g/mol. The Morgan fingerprint density at radius 3 is 2.47 bits per heavy atom. The highest BCUT2D eigenvalue weighted by molar-refractivity contribution is 9.10. The summed E-state index contributed by atoms with van der Waals surface area (Å²) in [5.41, 5.74) is 8.26. The van der Waals surface area contributed by atoms with Crippen LogP contribution in [0.3, 0.4) is 0 Å². The molecule has 19 heavy (non-hydrogen) atoms. The summed E-state index contributed by atoms with van der Waals surface area (Å²) in [6.45, 7) is 9.09. The van der Waals surface area contributed by atoms with Crippen LogP contribution in [0.25, 0.3) is 0 Å². The Morgan fingerprint density at radius 1 is 1.32 bits per heavy atom. The molecule has 3 nitrogen and oxygen atoms in total. The molecule has 0 aliphatic heterocycles. The van der Waals surface area contributed by atoms with E-state index in [0.29, 0.717) is 5.92 Å². The largest absolute Gasteiger partial charge is 0.383 e. The lowest BCUT2D eigenvalue weighted by Gasteiger charge is -2.28. The zero-order chi connectivity index (χ0) is 14.4. The van der Waals surface area contributed by atoms with Crippen molar-refractivity contribution < 1.29 is 4.74 Å². The van der Waals surface area contributed by atoms with E-state index in [1.54, 1.807) is 7.11 Å². The van der Waals surface area contributed by atoms with Gasteiger partial charge >= 0.3 is 0 Å². The van der Waals surface area contributed by atoms with Crippen LogP contribution in [0.2, 0.25) is 0 Å². The summed E-state index contributed by atoms with van der Waals surface area (Å²) in [4.78, 5) is 2.35. The first kappa shape index (κ1) is 16.5. The fourth-order valence-corrected chi connectivity index (χ4v) is 2.66. The molecule has 2 N–H and O–H groups in total. The second kappa shape index (κ2) is 7.88. The summed E-state index contributed by atoms with van der Waals surface area (Å²) in [5, 5.41) is 0. The highest BCUT2D eigenvalue weighted by Gasteiger charge is 2.13. The Labute approximate surface area is 125 Å². The van der Waals surface area contributed by atoms with Gasteiger partial charge in [0.1, 0.15) is 0 Å². The van der Waals surface area contributed by atoms with E-state index in [1.807, 2.05) is 6.92 Å². The molecule has 0 bridgehead atoms. The van der Waals surface area contributed by atoms with Crippen LogP contribution in [-0.4, -0.2) is 26.8 Å². The molecule has 0 aliphatic carbocycles. The normalized spacial score (nSPS) is 12.8. The Morgan fingerprint density at radius 2 is 2.00 bits per heavy atom. The minimum absolute atomic E-state index is 0.0582. The van der Waals surface area contributed by atoms with Crippen molar-refractivity contribution in [3.05, 3.63) is 28.2 Å².